The number of carbonyl (C=O) groups excluding carboxylic acids is 1. The Morgan fingerprint density at radius 3 is 2.82 bits per heavy atom. The minimum Gasteiger partial charge on any atom is -0.465 e. The van der Waals surface area contributed by atoms with Gasteiger partial charge in [0.25, 0.3) is 5.91 Å². The number of hydrogen-bond donors (Lipinski definition) is 1. The summed E-state index contributed by atoms with van der Waals surface area (Å²) in [6.07, 6.45) is 2.46. The topological polar surface area (TPSA) is 58.4 Å². The number of furan rings is 1. The van der Waals surface area contributed by atoms with E-state index in [9.17, 15) is 9.18 Å². The quantitative estimate of drug-likeness (QED) is 0.736. The van der Waals surface area contributed by atoms with Crippen LogP contribution in [0.5, 0.6) is 0 Å². The Hall–Kier alpha value is -2.99. The highest BCUT2D eigenvalue weighted by Gasteiger charge is 2.28. The van der Waals surface area contributed by atoms with E-state index < -0.39 is 0 Å². The fourth-order valence-electron chi connectivity index (χ4n) is 3.62. The van der Waals surface area contributed by atoms with Crippen LogP contribution in [0.25, 0.3) is 0 Å². The monoisotopic (exact) mass is 379 g/mol. The van der Waals surface area contributed by atoms with Crippen LogP contribution in [0.1, 0.15) is 38.7 Å². The Morgan fingerprint density at radius 2 is 2.07 bits per heavy atom. The number of fused-ring (bicyclic) bond motifs is 1. The second-order valence-electron chi connectivity index (χ2n) is 7.03. The van der Waals surface area contributed by atoms with Crippen LogP contribution in [0, 0.1) is 12.7 Å². The van der Waals surface area contributed by atoms with Gasteiger partial charge in [0.1, 0.15) is 17.3 Å². The van der Waals surface area contributed by atoms with Gasteiger partial charge < -0.3 is 9.73 Å². The van der Waals surface area contributed by atoms with Crippen molar-refractivity contribution in [3.8, 4) is 0 Å². The molecule has 0 spiro atoms. The third-order valence-corrected chi connectivity index (χ3v) is 5.01. The highest BCUT2D eigenvalue weighted by atomic mass is 19.1. The summed E-state index contributed by atoms with van der Waals surface area (Å²) < 4.78 is 19.0. The average Bonchev–Trinajstić information content (AvgIpc) is 3.04. The number of hydrogen-bond acceptors (Lipinski definition) is 4. The number of carbonyl (C=O) groups is 1. The van der Waals surface area contributed by atoms with Gasteiger partial charge in [-0.05, 0) is 36.8 Å². The standard InChI is InChI=1S/C22H22FN3O2/c1-15-21(22(27)25-12-18-4-2-3-10-24-18)19-14-26(11-9-20(19)28-15)13-16-5-7-17(23)8-6-16/h2-8,10H,9,11-14H2,1H3,(H,25,27). The van der Waals surface area contributed by atoms with Crippen LogP contribution in [-0.4, -0.2) is 22.3 Å². The summed E-state index contributed by atoms with van der Waals surface area (Å²) in [6.45, 7) is 4.39. The fourth-order valence-corrected chi connectivity index (χ4v) is 3.62. The van der Waals surface area contributed by atoms with Crippen molar-refractivity contribution in [2.75, 3.05) is 6.54 Å². The van der Waals surface area contributed by atoms with E-state index in [-0.39, 0.29) is 11.7 Å². The van der Waals surface area contributed by atoms with Gasteiger partial charge in [0.05, 0.1) is 17.8 Å². The maximum atomic E-state index is 13.1. The molecule has 28 heavy (non-hydrogen) atoms. The summed E-state index contributed by atoms with van der Waals surface area (Å²) in [5.74, 6) is 1.15. The predicted molar refractivity (Wildman–Crippen MR) is 103 cm³/mol. The number of rotatable bonds is 5. The molecule has 0 saturated carbocycles. The van der Waals surface area contributed by atoms with Crippen LogP contribution < -0.4 is 5.32 Å². The zero-order valence-corrected chi connectivity index (χ0v) is 15.7. The Balaban J connectivity index is 1.48. The Bertz CT molecular complexity index is 967. The molecular formula is C22H22FN3O2. The first kappa shape index (κ1) is 18.4. The molecule has 0 saturated heterocycles. The third kappa shape index (κ3) is 3.97. The van der Waals surface area contributed by atoms with Gasteiger partial charge in [-0.3, -0.25) is 14.7 Å². The van der Waals surface area contributed by atoms with Crippen molar-refractivity contribution < 1.29 is 13.6 Å². The molecule has 6 heteroatoms. The van der Waals surface area contributed by atoms with E-state index in [1.807, 2.05) is 25.1 Å². The SMILES string of the molecule is Cc1oc2c(c1C(=O)NCc1ccccn1)CN(Cc1ccc(F)cc1)CC2. The summed E-state index contributed by atoms with van der Waals surface area (Å²) in [7, 11) is 0. The van der Waals surface area contributed by atoms with Crippen LogP contribution in [0.15, 0.2) is 53.1 Å². The van der Waals surface area contributed by atoms with Crippen LogP contribution in [-0.2, 0) is 26.1 Å². The largest absolute Gasteiger partial charge is 0.465 e. The summed E-state index contributed by atoms with van der Waals surface area (Å²) >= 11 is 0. The fraction of sp³-hybridized carbons (Fsp3) is 0.273. The van der Waals surface area contributed by atoms with E-state index in [0.29, 0.717) is 31.0 Å². The molecule has 1 aromatic carbocycles. The molecule has 1 aliphatic rings. The third-order valence-electron chi connectivity index (χ3n) is 5.01. The molecule has 1 amide bonds. The van der Waals surface area contributed by atoms with E-state index in [4.69, 9.17) is 4.42 Å². The number of nitrogens with zero attached hydrogens (tertiary/aromatic N) is 2. The van der Waals surface area contributed by atoms with E-state index >= 15 is 0 Å². The number of aromatic nitrogens is 1. The maximum Gasteiger partial charge on any atom is 0.255 e. The van der Waals surface area contributed by atoms with Crippen LogP contribution in [0.2, 0.25) is 0 Å². The van der Waals surface area contributed by atoms with E-state index in [1.165, 1.54) is 12.1 Å². The maximum absolute atomic E-state index is 13.1. The average molecular weight is 379 g/mol. The number of aryl methyl sites for hydroxylation is 1. The molecule has 144 valence electrons. The van der Waals surface area contributed by atoms with Crippen molar-refractivity contribution in [2.24, 2.45) is 0 Å². The highest BCUT2D eigenvalue weighted by Crippen LogP contribution is 2.29. The van der Waals surface area contributed by atoms with Crippen molar-refractivity contribution in [1.82, 2.24) is 15.2 Å². The number of pyridine rings is 1. The van der Waals surface area contributed by atoms with E-state index in [0.717, 1.165) is 35.5 Å². The molecule has 0 atom stereocenters. The van der Waals surface area contributed by atoms with Gasteiger partial charge in [0.2, 0.25) is 0 Å². The van der Waals surface area contributed by atoms with Crippen LogP contribution in [0.4, 0.5) is 4.39 Å². The minimum atomic E-state index is -0.234. The van der Waals surface area contributed by atoms with Gasteiger partial charge in [0, 0.05) is 37.8 Å². The van der Waals surface area contributed by atoms with Gasteiger partial charge in [-0.15, -0.1) is 0 Å². The lowest BCUT2D eigenvalue weighted by atomic mass is 10.0. The van der Waals surface area contributed by atoms with Crippen molar-refractivity contribution in [1.29, 1.82) is 0 Å². The lowest BCUT2D eigenvalue weighted by Crippen LogP contribution is -2.32. The number of benzene rings is 1. The molecule has 1 aliphatic heterocycles. The number of nitrogens with one attached hydrogen (secondary N) is 1. The molecule has 1 N–H and O–H groups in total. The van der Waals surface area contributed by atoms with Crippen LogP contribution >= 0.6 is 0 Å². The molecule has 5 nitrogen and oxygen atoms in total. The van der Waals surface area contributed by atoms with Crippen molar-refractivity contribution in [3.63, 3.8) is 0 Å². The zero-order valence-electron chi connectivity index (χ0n) is 15.7. The van der Waals surface area contributed by atoms with E-state index in [2.05, 4.69) is 15.2 Å². The lowest BCUT2D eigenvalue weighted by molar-refractivity contribution is 0.0947. The molecule has 3 aromatic rings. The van der Waals surface area contributed by atoms with Gasteiger partial charge in [0.15, 0.2) is 0 Å². The number of halogens is 1. The molecule has 2 aromatic heterocycles. The second kappa shape index (κ2) is 7.94. The van der Waals surface area contributed by atoms with Crippen molar-refractivity contribution >= 4 is 5.91 Å². The summed E-state index contributed by atoms with van der Waals surface area (Å²) in [5, 5.41) is 2.94. The summed E-state index contributed by atoms with van der Waals surface area (Å²) in [6, 6.07) is 12.2. The van der Waals surface area contributed by atoms with Gasteiger partial charge in [-0.1, -0.05) is 18.2 Å². The Morgan fingerprint density at radius 1 is 1.25 bits per heavy atom. The summed E-state index contributed by atoms with van der Waals surface area (Å²) in [5.41, 5.74) is 3.43. The molecule has 0 aliphatic carbocycles. The Kier molecular flexibility index (Phi) is 5.21. The molecule has 0 radical (unpaired) electrons. The molecule has 0 unspecified atom stereocenters. The molecule has 4 rings (SSSR count). The van der Waals surface area contributed by atoms with Crippen LogP contribution in [0.3, 0.4) is 0 Å². The predicted octanol–water partition coefficient (Wildman–Crippen LogP) is 3.61. The highest BCUT2D eigenvalue weighted by molar-refractivity contribution is 5.97. The molecule has 0 bridgehead atoms. The van der Waals surface area contributed by atoms with Gasteiger partial charge in [-0.2, -0.15) is 0 Å². The Labute approximate surface area is 163 Å². The lowest BCUT2D eigenvalue weighted by Gasteiger charge is -2.26. The van der Waals surface area contributed by atoms with Gasteiger partial charge >= 0.3 is 0 Å². The number of amides is 1. The first-order chi connectivity index (χ1) is 13.6. The molecule has 0 fully saturated rings. The van der Waals surface area contributed by atoms with Gasteiger partial charge in [-0.25, -0.2) is 4.39 Å². The van der Waals surface area contributed by atoms with Crippen molar-refractivity contribution in [2.45, 2.75) is 33.0 Å². The summed E-state index contributed by atoms with van der Waals surface area (Å²) in [4.78, 5) is 19.3. The smallest absolute Gasteiger partial charge is 0.255 e. The first-order valence-electron chi connectivity index (χ1n) is 9.36. The van der Waals surface area contributed by atoms with E-state index in [1.54, 1.807) is 18.3 Å². The first-order valence-corrected chi connectivity index (χ1v) is 9.36. The van der Waals surface area contributed by atoms with Crippen molar-refractivity contribution in [3.05, 3.63) is 88.4 Å². The minimum absolute atomic E-state index is 0.142. The molecular weight excluding hydrogens is 357 g/mol. The second-order valence-corrected chi connectivity index (χ2v) is 7.03. The normalized spacial score (nSPS) is 13.9. The molecule has 3 heterocycles. The zero-order chi connectivity index (χ0) is 19.5.